The van der Waals surface area contributed by atoms with Gasteiger partial charge in [0, 0.05) is 25.0 Å². The molecule has 0 spiro atoms. The highest BCUT2D eigenvalue weighted by molar-refractivity contribution is 5.49. The molecule has 2 heterocycles. The standard InChI is InChI=1S/C11H13N3O2/c12-6-9-5-10(1-2-13-9)14-3-4-16-11(7-14)8-15/h1-2,5,11,15H,3-4,7-8H2. The first kappa shape index (κ1) is 10.9. The lowest BCUT2D eigenvalue weighted by molar-refractivity contribution is 0.00356. The highest BCUT2D eigenvalue weighted by Crippen LogP contribution is 2.17. The first-order valence-corrected chi connectivity index (χ1v) is 5.17. The van der Waals surface area contributed by atoms with Gasteiger partial charge in [0.15, 0.2) is 0 Å². The number of nitriles is 1. The molecule has 0 radical (unpaired) electrons. The topological polar surface area (TPSA) is 69.4 Å². The maximum absolute atomic E-state index is 9.04. The Morgan fingerprint density at radius 2 is 2.56 bits per heavy atom. The maximum Gasteiger partial charge on any atom is 0.142 e. The Morgan fingerprint density at radius 3 is 3.31 bits per heavy atom. The summed E-state index contributed by atoms with van der Waals surface area (Å²) in [6, 6.07) is 5.62. The van der Waals surface area contributed by atoms with Crippen LogP contribution in [0.1, 0.15) is 5.69 Å². The first-order valence-electron chi connectivity index (χ1n) is 5.17. The number of ether oxygens (including phenoxy) is 1. The van der Waals surface area contributed by atoms with Gasteiger partial charge in [-0.3, -0.25) is 0 Å². The SMILES string of the molecule is N#Cc1cc(N2CCOC(CO)C2)ccn1. The fourth-order valence-electron chi connectivity index (χ4n) is 1.74. The first-order chi connectivity index (χ1) is 7.83. The van der Waals surface area contributed by atoms with Gasteiger partial charge in [-0.15, -0.1) is 0 Å². The highest BCUT2D eigenvalue weighted by atomic mass is 16.5. The Morgan fingerprint density at radius 1 is 1.69 bits per heavy atom. The van der Waals surface area contributed by atoms with Crippen molar-refractivity contribution in [3.8, 4) is 6.07 Å². The molecule has 0 aliphatic carbocycles. The summed E-state index contributed by atoms with van der Waals surface area (Å²) in [5.74, 6) is 0. The Hall–Kier alpha value is -1.64. The summed E-state index contributed by atoms with van der Waals surface area (Å²) in [6.45, 7) is 2.03. The summed E-state index contributed by atoms with van der Waals surface area (Å²) in [7, 11) is 0. The Bertz CT molecular complexity index is 402. The molecule has 16 heavy (non-hydrogen) atoms. The van der Waals surface area contributed by atoms with E-state index in [0.29, 0.717) is 18.8 Å². The summed E-state index contributed by atoms with van der Waals surface area (Å²) >= 11 is 0. The quantitative estimate of drug-likeness (QED) is 0.766. The average molecular weight is 219 g/mol. The monoisotopic (exact) mass is 219 g/mol. The van der Waals surface area contributed by atoms with Crippen molar-refractivity contribution in [3.05, 3.63) is 24.0 Å². The molecule has 84 valence electrons. The van der Waals surface area contributed by atoms with Crippen LogP contribution in [0.5, 0.6) is 0 Å². The third kappa shape index (κ3) is 2.30. The number of aliphatic hydroxyl groups excluding tert-OH is 1. The lowest BCUT2D eigenvalue weighted by Crippen LogP contribution is -2.44. The van der Waals surface area contributed by atoms with E-state index in [1.807, 2.05) is 12.1 Å². The highest BCUT2D eigenvalue weighted by Gasteiger charge is 2.20. The van der Waals surface area contributed by atoms with Gasteiger partial charge in [0.2, 0.25) is 0 Å². The average Bonchev–Trinajstić information content (AvgIpc) is 2.39. The molecule has 1 fully saturated rings. The number of hydrogen-bond donors (Lipinski definition) is 1. The van der Waals surface area contributed by atoms with Crippen molar-refractivity contribution in [2.45, 2.75) is 6.10 Å². The van der Waals surface area contributed by atoms with Crippen LogP contribution < -0.4 is 4.90 Å². The van der Waals surface area contributed by atoms with Gasteiger partial charge in [-0.2, -0.15) is 5.26 Å². The fraction of sp³-hybridized carbons (Fsp3) is 0.455. The largest absolute Gasteiger partial charge is 0.394 e. The van der Waals surface area contributed by atoms with Crippen LogP contribution in [0.3, 0.4) is 0 Å². The second kappa shape index (κ2) is 4.92. The van der Waals surface area contributed by atoms with Crippen molar-refractivity contribution in [3.63, 3.8) is 0 Å². The van der Waals surface area contributed by atoms with Crippen molar-refractivity contribution in [2.24, 2.45) is 0 Å². The number of nitrogens with zero attached hydrogens (tertiary/aromatic N) is 3. The Balaban J connectivity index is 2.14. The molecule has 1 saturated heterocycles. The molecule has 0 aromatic carbocycles. The molecule has 1 unspecified atom stereocenters. The summed E-state index contributed by atoms with van der Waals surface area (Å²) in [4.78, 5) is 6.01. The van der Waals surface area contributed by atoms with Gasteiger partial charge < -0.3 is 14.7 Å². The zero-order chi connectivity index (χ0) is 11.4. The number of aromatic nitrogens is 1. The van der Waals surface area contributed by atoms with E-state index in [2.05, 4.69) is 9.88 Å². The van der Waals surface area contributed by atoms with E-state index in [0.717, 1.165) is 12.2 Å². The molecule has 5 heteroatoms. The Kier molecular flexibility index (Phi) is 3.34. The van der Waals surface area contributed by atoms with Crippen molar-refractivity contribution in [1.82, 2.24) is 4.98 Å². The minimum Gasteiger partial charge on any atom is -0.394 e. The van der Waals surface area contributed by atoms with Gasteiger partial charge in [0.1, 0.15) is 11.8 Å². The van der Waals surface area contributed by atoms with E-state index >= 15 is 0 Å². The predicted octanol–water partition coefficient (Wildman–Crippen LogP) is 0.151. The molecule has 1 aliphatic heterocycles. The van der Waals surface area contributed by atoms with Crippen molar-refractivity contribution >= 4 is 5.69 Å². The van der Waals surface area contributed by atoms with Crippen LogP contribution in [0, 0.1) is 11.3 Å². The second-order valence-electron chi connectivity index (χ2n) is 3.63. The van der Waals surface area contributed by atoms with Crippen LogP contribution in [0.4, 0.5) is 5.69 Å². The molecule has 2 rings (SSSR count). The number of pyridine rings is 1. The zero-order valence-electron chi connectivity index (χ0n) is 8.83. The molecule has 0 amide bonds. The maximum atomic E-state index is 9.04. The van der Waals surface area contributed by atoms with E-state index in [-0.39, 0.29) is 12.7 Å². The molecule has 1 N–H and O–H groups in total. The summed E-state index contributed by atoms with van der Waals surface area (Å²) in [6.07, 6.45) is 1.48. The molecular weight excluding hydrogens is 206 g/mol. The van der Waals surface area contributed by atoms with Crippen LogP contribution in [0.25, 0.3) is 0 Å². The van der Waals surface area contributed by atoms with Crippen molar-refractivity contribution in [2.75, 3.05) is 31.2 Å². The third-order valence-corrected chi connectivity index (χ3v) is 2.57. The number of morpholine rings is 1. The summed E-state index contributed by atoms with van der Waals surface area (Å²) < 4.78 is 5.36. The van der Waals surface area contributed by atoms with Gasteiger partial charge in [0.25, 0.3) is 0 Å². The van der Waals surface area contributed by atoms with Crippen LogP contribution in [0.15, 0.2) is 18.3 Å². The minimum absolute atomic E-state index is 0.0205. The number of hydrogen-bond acceptors (Lipinski definition) is 5. The fourth-order valence-corrected chi connectivity index (χ4v) is 1.74. The lowest BCUT2D eigenvalue weighted by atomic mass is 10.2. The molecular formula is C11H13N3O2. The summed E-state index contributed by atoms with van der Waals surface area (Å²) in [5, 5.41) is 17.8. The van der Waals surface area contributed by atoms with Gasteiger partial charge in [0.05, 0.1) is 19.3 Å². The molecule has 1 aromatic heterocycles. The molecule has 0 saturated carbocycles. The van der Waals surface area contributed by atoms with E-state index in [1.165, 1.54) is 0 Å². The minimum atomic E-state index is -0.146. The van der Waals surface area contributed by atoms with E-state index in [4.69, 9.17) is 15.1 Å². The number of aliphatic hydroxyl groups is 1. The van der Waals surface area contributed by atoms with Gasteiger partial charge in [-0.1, -0.05) is 0 Å². The molecule has 1 aliphatic rings. The van der Waals surface area contributed by atoms with Crippen molar-refractivity contribution in [1.29, 1.82) is 5.26 Å². The molecule has 1 atom stereocenters. The Labute approximate surface area is 93.9 Å². The van der Waals surface area contributed by atoms with Crippen LogP contribution in [0.2, 0.25) is 0 Å². The van der Waals surface area contributed by atoms with E-state index < -0.39 is 0 Å². The van der Waals surface area contributed by atoms with Gasteiger partial charge in [-0.25, -0.2) is 4.98 Å². The van der Waals surface area contributed by atoms with E-state index in [1.54, 1.807) is 12.3 Å². The zero-order valence-corrected chi connectivity index (χ0v) is 8.83. The van der Waals surface area contributed by atoms with E-state index in [9.17, 15) is 0 Å². The van der Waals surface area contributed by atoms with Crippen LogP contribution in [-0.2, 0) is 4.74 Å². The number of anilines is 1. The smallest absolute Gasteiger partial charge is 0.142 e. The second-order valence-corrected chi connectivity index (χ2v) is 3.63. The predicted molar refractivity (Wildman–Crippen MR) is 58.0 cm³/mol. The van der Waals surface area contributed by atoms with Crippen LogP contribution >= 0.6 is 0 Å². The van der Waals surface area contributed by atoms with Crippen LogP contribution in [-0.4, -0.2) is 42.5 Å². The number of rotatable bonds is 2. The van der Waals surface area contributed by atoms with Crippen molar-refractivity contribution < 1.29 is 9.84 Å². The lowest BCUT2D eigenvalue weighted by Gasteiger charge is -2.33. The summed E-state index contributed by atoms with van der Waals surface area (Å²) in [5.41, 5.74) is 1.36. The molecule has 0 bridgehead atoms. The van der Waals surface area contributed by atoms with Gasteiger partial charge in [-0.05, 0) is 12.1 Å². The molecule has 5 nitrogen and oxygen atoms in total. The normalized spacial score (nSPS) is 20.5. The van der Waals surface area contributed by atoms with Gasteiger partial charge >= 0.3 is 0 Å². The molecule has 1 aromatic rings. The third-order valence-electron chi connectivity index (χ3n) is 2.57.